The van der Waals surface area contributed by atoms with Gasteiger partial charge in [-0.25, -0.2) is 0 Å². The number of hydrogen-bond acceptors (Lipinski definition) is 2. The number of nitrogens with zero attached hydrogens (tertiary/aromatic N) is 1. The Bertz CT molecular complexity index is 2600. The van der Waals surface area contributed by atoms with Crippen LogP contribution in [-0.4, -0.2) is 0 Å². The van der Waals surface area contributed by atoms with Crippen LogP contribution < -0.4 is 4.90 Å². The fraction of sp³-hybridized carbons (Fsp3) is 0.0400. The Kier molecular flexibility index (Phi) is 6.97. The third-order valence-corrected chi connectivity index (χ3v) is 11.0. The zero-order valence-corrected chi connectivity index (χ0v) is 28.8. The Morgan fingerprint density at radius 1 is 0.423 bits per heavy atom. The Morgan fingerprint density at radius 3 is 1.44 bits per heavy atom. The van der Waals surface area contributed by atoms with Crippen LogP contribution >= 0.6 is 0 Å². The maximum Gasteiger partial charge on any atom is 0.159 e. The molecule has 1 aliphatic carbocycles. The molecule has 1 aliphatic rings. The lowest BCUT2D eigenvalue weighted by atomic mass is 9.73. The molecule has 0 radical (unpaired) electrons. The summed E-state index contributed by atoms with van der Waals surface area (Å²) in [6.45, 7) is 2.39. The number of hydrogen-bond donors (Lipinski definition) is 0. The summed E-state index contributed by atoms with van der Waals surface area (Å²) in [4.78, 5) is 2.37. The average Bonchev–Trinajstić information content (AvgIpc) is 3.73. The van der Waals surface area contributed by atoms with Gasteiger partial charge in [-0.2, -0.15) is 0 Å². The zero-order valence-electron chi connectivity index (χ0n) is 28.8. The van der Waals surface area contributed by atoms with Gasteiger partial charge in [0.1, 0.15) is 5.58 Å². The first-order chi connectivity index (χ1) is 25.7. The number of furan rings is 1. The molecule has 52 heavy (non-hydrogen) atoms. The second kappa shape index (κ2) is 12.0. The van der Waals surface area contributed by atoms with Gasteiger partial charge in [0.2, 0.25) is 0 Å². The van der Waals surface area contributed by atoms with Crippen LogP contribution in [0, 0.1) is 0 Å². The summed E-state index contributed by atoms with van der Waals surface area (Å²) < 4.78 is 6.84. The number of rotatable bonds is 6. The van der Waals surface area contributed by atoms with Crippen LogP contribution in [-0.2, 0) is 5.41 Å². The Hall–Kier alpha value is -6.64. The van der Waals surface area contributed by atoms with E-state index in [1.807, 2.05) is 0 Å². The van der Waals surface area contributed by atoms with Crippen molar-refractivity contribution in [3.63, 3.8) is 0 Å². The largest absolute Gasteiger partial charge is 0.454 e. The van der Waals surface area contributed by atoms with Gasteiger partial charge in [0.15, 0.2) is 5.58 Å². The Labute approximate surface area is 303 Å². The molecule has 1 heterocycles. The smallest absolute Gasteiger partial charge is 0.159 e. The molecule has 2 nitrogen and oxygen atoms in total. The predicted molar refractivity (Wildman–Crippen MR) is 217 cm³/mol. The minimum atomic E-state index is -0.380. The van der Waals surface area contributed by atoms with Crippen molar-refractivity contribution in [2.75, 3.05) is 4.90 Å². The van der Waals surface area contributed by atoms with Gasteiger partial charge < -0.3 is 9.32 Å². The molecule has 0 atom stereocenters. The normalized spacial score (nSPS) is 12.9. The van der Waals surface area contributed by atoms with Crippen LogP contribution in [0.5, 0.6) is 0 Å². The van der Waals surface area contributed by atoms with Crippen LogP contribution in [0.15, 0.2) is 199 Å². The number of benzene rings is 8. The van der Waals surface area contributed by atoms with Crippen molar-refractivity contribution >= 4 is 39.0 Å². The third kappa shape index (κ3) is 4.72. The Morgan fingerprint density at radius 2 is 0.885 bits per heavy atom. The van der Waals surface area contributed by atoms with Gasteiger partial charge in [0.05, 0.1) is 5.69 Å². The summed E-state index contributed by atoms with van der Waals surface area (Å²) in [6.07, 6.45) is 0. The standard InChI is InChI=1S/C50H35NO/c1-50(45-21-11-8-18-41(45)42-19-9-12-22-46(42)50)38-32-44-43-20-10-13-23-48(43)52-49(44)47(33-38)51(39-28-24-36(25-29-39)34-14-4-2-5-15-34)40-30-26-37(27-31-40)35-16-6-3-7-17-35/h2-33H,1H3. The summed E-state index contributed by atoms with van der Waals surface area (Å²) in [5.74, 6) is 0. The van der Waals surface area contributed by atoms with Crippen molar-refractivity contribution in [3.8, 4) is 33.4 Å². The molecule has 1 aromatic heterocycles. The molecule has 2 heteroatoms. The number of anilines is 3. The SMILES string of the molecule is CC1(c2cc(N(c3ccc(-c4ccccc4)cc3)c3ccc(-c4ccccc4)cc3)c3oc4ccccc4c3c2)c2ccccc2-c2ccccc21. The van der Waals surface area contributed by atoms with Gasteiger partial charge in [-0.1, -0.05) is 152 Å². The molecular weight excluding hydrogens is 631 g/mol. The monoisotopic (exact) mass is 665 g/mol. The molecule has 10 rings (SSSR count). The predicted octanol–water partition coefficient (Wildman–Crippen LogP) is 13.7. The third-order valence-electron chi connectivity index (χ3n) is 11.0. The van der Waals surface area contributed by atoms with E-state index in [-0.39, 0.29) is 5.41 Å². The van der Waals surface area contributed by atoms with E-state index in [0.717, 1.165) is 39.0 Å². The van der Waals surface area contributed by atoms with Crippen molar-refractivity contribution < 1.29 is 4.42 Å². The van der Waals surface area contributed by atoms with Crippen LogP contribution in [0.3, 0.4) is 0 Å². The Balaban J connectivity index is 1.24. The average molecular weight is 666 g/mol. The van der Waals surface area contributed by atoms with Crippen molar-refractivity contribution in [2.24, 2.45) is 0 Å². The lowest BCUT2D eigenvalue weighted by Crippen LogP contribution is -2.23. The second-order valence-corrected chi connectivity index (χ2v) is 13.8. The molecule has 0 spiro atoms. The molecule has 0 N–H and O–H groups in total. The van der Waals surface area contributed by atoms with Crippen LogP contribution in [0.2, 0.25) is 0 Å². The summed E-state index contributed by atoms with van der Waals surface area (Å²) in [5.41, 5.74) is 15.7. The van der Waals surface area contributed by atoms with E-state index in [1.54, 1.807) is 0 Å². The van der Waals surface area contributed by atoms with Gasteiger partial charge in [-0.3, -0.25) is 0 Å². The van der Waals surface area contributed by atoms with Crippen molar-refractivity contribution in [1.82, 2.24) is 0 Å². The first kappa shape index (κ1) is 30.2. The highest BCUT2D eigenvalue weighted by Crippen LogP contribution is 2.54. The molecule has 0 bridgehead atoms. The second-order valence-electron chi connectivity index (χ2n) is 13.8. The summed E-state index contributed by atoms with van der Waals surface area (Å²) in [6, 6.07) is 69.9. The van der Waals surface area contributed by atoms with Gasteiger partial charge >= 0.3 is 0 Å². The molecule has 0 saturated heterocycles. The summed E-state index contributed by atoms with van der Waals surface area (Å²) in [7, 11) is 0. The minimum Gasteiger partial charge on any atom is -0.454 e. The molecule has 0 aliphatic heterocycles. The highest BCUT2D eigenvalue weighted by atomic mass is 16.3. The topological polar surface area (TPSA) is 16.4 Å². The highest BCUT2D eigenvalue weighted by molar-refractivity contribution is 6.11. The fourth-order valence-electron chi connectivity index (χ4n) is 8.32. The van der Waals surface area contributed by atoms with Gasteiger partial charge in [0, 0.05) is 27.6 Å². The van der Waals surface area contributed by atoms with Crippen LogP contribution in [0.1, 0.15) is 23.6 Å². The van der Waals surface area contributed by atoms with Gasteiger partial charge in [-0.15, -0.1) is 0 Å². The van der Waals surface area contributed by atoms with Crippen molar-refractivity contribution in [1.29, 1.82) is 0 Å². The van der Waals surface area contributed by atoms with Crippen molar-refractivity contribution in [2.45, 2.75) is 12.3 Å². The van der Waals surface area contributed by atoms with Crippen LogP contribution in [0.25, 0.3) is 55.3 Å². The number of fused-ring (bicyclic) bond motifs is 6. The van der Waals surface area contributed by atoms with E-state index in [9.17, 15) is 0 Å². The van der Waals surface area contributed by atoms with Crippen LogP contribution in [0.4, 0.5) is 17.1 Å². The zero-order chi connectivity index (χ0) is 34.6. The first-order valence-electron chi connectivity index (χ1n) is 17.9. The molecule has 8 aromatic carbocycles. The summed E-state index contributed by atoms with van der Waals surface area (Å²) in [5, 5.41) is 2.22. The lowest BCUT2D eigenvalue weighted by molar-refractivity contribution is 0.667. The molecule has 0 saturated carbocycles. The number of para-hydroxylation sites is 1. The molecule has 0 amide bonds. The van der Waals surface area contributed by atoms with E-state index in [0.29, 0.717) is 0 Å². The maximum atomic E-state index is 6.84. The summed E-state index contributed by atoms with van der Waals surface area (Å²) >= 11 is 0. The van der Waals surface area contributed by atoms with E-state index in [1.165, 1.54) is 50.1 Å². The molecule has 246 valence electrons. The minimum absolute atomic E-state index is 0.380. The molecule has 9 aromatic rings. The highest BCUT2D eigenvalue weighted by Gasteiger charge is 2.41. The first-order valence-corrected chi connectivity index (χ1v) is 17.9. The quantitative estimate of drug-likeness (QED) is 0.176. The maximum absolute atomic E-state index is 6.84. The van der Waals surface area contributed by atoms with Gasteiger partial charge in [-0.05, 0) is 99.5 Å². The molecule has 0 unspecified atom stereocenters. The fourth-order valence-corrected chi connectivity index (χ4v) is 8.32. The van der Waals surface area contributed by atoms with E-state index in [4.69, 9.17) is 4.42 Å². The van der Waals surface area contributed by atoms with E-state index in [2.05, 4.69) is 206 Å². The lowest BCUT2D eigenvalue weighted by Gasteiger charge is -2.31. The van der Waals surface area contributed by atoms with E-state index >= 15 is 0 Å². The molecule has 0 fully saturated rings. The molecular formula is C50H35NO. The van der Waals surface area contributed by atoms with Crippen molar-refractivity contribution in [3.05, 3.63) is 211 Å². The van der Waals surface area contributed by atoms with Gasteiger partial charge in [0.25, 0.3) is 0 Å². The van der Waals surface area contributed by atoms with E-state index < -0.39 is 0 Å².